The maximum Gasteiger partial charge on any atom is 0.243 e. The van der Waals surface area contributed by atoms with Crippen molar-refractivity contribution in [3.63, 3.8) is 0 Å². The van der Waals surface area contributed by atoms with Crippen LogP contribution in [0.1, 0.15) is 6.42 Å². The van der Waals surface area contributed by atoms with Crippen LogP contribution in [-0.2, 0) is 14.8 Å². The summed E-state index contributed by atoms with van der Waals surface area (Å²) in [6, 6.07) is 3.01. The molecule has 102 valence electrons. The summed E-state index contributed by atoms with van der Waals surface area (Å²) >= 11 is 0. The lowest BCUT2D eigenvalue weighted by Crippen LogP contribution is -2.28. The van der Waals surface area contributed by atoms with E-state index in [1.165, 1.54) is 22.6 Å². The lowest BCUT2D eigenvalue weighted by atomic mass is 10.4. The van der Waals surface area contributed by atoms with Crippen molar-refractivity contribution in [2.24, 2.45) is 0 Å². The van der Waals surface area contributed by atoms with E-state index in [0.717, 1.165) is 0 Å². The highest BCUT2D eigenvalue weighted by atomic mass is 32.2. The van der Waals surface area contributed by atoms with Crippen LogP contribution in [0.25, 0.3) is 0 Å². The van der Waals surface area contributed by atoms with Gasteiger partial charge in [-0.05, 0) is 12.5 Å². The number of rotatable bonds is 7. The molecule has 1 aromatic rings. The molecule has 0 fully saturated rings. The van der Waals surface area contributed by atoms with Gasteiger partial charge in [0, 0.05) is 46.6 Å². The average Bonchev–Trinajstić information content (AvgIpc) is 2.39. The summed E-state index contributed by atoms with van der Waals surface area (Å²) < 4.78 is 30.7. The third-order valence-electron chi connectivity index (χ3n) is 2.52. The lowest BCUT2D eigenvalue weighted by molar-refractivity contribution is 0.189. The van der Waals surface area contributed by atoms with Crippen LogP contribution in [0.4, 0.5) is 5.82 Å². The quantitative estimate of drug-likeness (QED) is 0.743. The highest BCUT2D eigenvalue weighted by molar-refractivity contribution is 7.89. The molecule has 0 amide bonds. The predicted molar refractivity (Wildman–Crippen MR) is 70.1 cm³/mol. The highest BCUT2D eigenvalue weighted by Crippen LogP contribution is 2.16. The van der Waals surface area contributed by atoms with Crippen molar-refractivity contribution in [3.05, 3.63) is 18.3 Å². The second-order valence-electron chi connectivity index (χ2n) is 3.80. The first-order valence-electron chi connectivity index (χ1n) is 5.61. The van der Waals surface area contributed by atoms with E-state index in [4.69, 9.17) is 4.74 Å². The number of aromatic nitrogens is 1. The van der Waals surface area contributed by atoms with Crippen LogP contribution < -0.4 is 5.32 Å². The van der Waals surface area contributed by atoms with E-state index in [-0.39, 0.29) is 4.90 Å². The molecule has 0 aliphatic rings. The first-order chi connectivity index (χ1) is 8.52. The molecule has 1 heterocycles. The summed E-state index contributed by atoms with van der Waals surface area (Å²) in [6.45, 7) is 0.964. The lowest BCUT2D eigenvalue weighted by Gasteiger charge is -2.17. The monoisotopic (exact) mass is 273 g/mol. The van der Waals surface area contributed by atoms with Gasteiger partial charge >= 0.3 is 0 Å². The zero-order valence-corrected chi connectivity index (χ0v) is 11.7. The Bertz CT molecular complexity index is 476. The third kappa shape index (κ3) is 3.66. The fourth-order valence-corrected chi connectivity index (χ4v) is 2.66. The zero-order chi connectivity index (χ0) is 13.6. The molecule has 1 rings (SSSR count). The molecule has 0 radical (unpaired) electrons. The van der Waals surface area contributed by atoms with Gasteiger partial charge in [0.2, 0.25) is 10.0 Å². The van der Waals surface area contributed by atoms with E-state index < -0.39 is 10.0 Å². The molecule has 0 saturated carbocycles. The molecular formula is C11H19N3O3S. The standard InChI is InChI=1S/C11H19N3O3S/c1-12-11-9-10(5-6-13-11)18(15,16)14(2)7-4-8-17-3/h5-6,9H,4,7-8H2,1-3H3,(H,12,13). The van der Waals surface area contributed by atoms with Crippen LogP contribution in [0.2, 0.25) is 0 Å². The molecule has 0 aromatic carbocycles. The normalized spacial score (nSPS) is 11.8. The Kier molecular flexibility index (Phi) is 5.52. The van der Waals surface area contributed by atoms with Crippen LogP contribution in [0.3, 0.4) is 0 Å². The first-order valence-corrected chi connectivity index (χ1v) is 7.05. The minimum absolute atomic E-state index is 0.238. The van der Waals surface area contributed by atoms with E-state index in [1.54, 1.807) is 21.2 Å². The second-order valence-corrected chi connectivity index (χ2v) is 5.84. The highest BCUT2D eigenvalue weighted by Gasteiger charge is 2.20. The summed E-state index contributed by atoms with van der Waals surface area (Å²) in [5, 5.41) is 2.82. The number of nitrogens with zero attached hydrogens (tertiary/aromatic N) is 2. The van der Waals surface area contributed by atoms with E-state index in [0.29, 0.717) is 25.4 Å². The molecule has 0 bridgehead atoms. The predicted octanol–water partition coefficient (Wildman–Crippen LogP) is 0.780. The van der Waals surface area contributed by atoms with Gasteiger partial charge in [-0.1, -0.05) is 0 Å². The molecule has 0 unspecified atom stereocenters. The molecular weight excluding hydrogens is 254 g/mol. The maximum absolute atomic E-state index is 12.2. The van der Waals surface area contributed by atoms with Gasteiger partial charge in [0.1, 0.15) is 5.82 Å². The first kappa shape index (κ1) is 14.9. The fraction of sp³-hybridized carbons (Fsp3) is 0.545. The number of hydrogen-bond acceptors (Lipinski definition) is 5. The number of ether oxygens (including phenoxy) is 1. The molecule has 0 aliphatic heterocycles. The van der Waals surface area contributed by atoms with E-state index in [9.17, 15) is 8.42 Å². The Morgan fingerprint density at radius 2 is 2.22 bits per heavy atom. The minimum atomic E-state index is -3.45. The minimum Gasteiger partial charge on any atom is -0.385 e. The van der Waals surface area contributed by atoms with Gasteiger partial charge in [-0.25, -0.2) is 17.7 Å². The van der Waals surface area contributed by atoms with Crippen molar-refractivity contribution < 1.29 is 13.2 Å². The molecule has 6 nitrogen and oxygen atoms in total. The van der Waals surface area contributed by atoms with Gasteiger partial charge in [0.05, 0.1) is 4.90 Å². The summed E-state index contributed by atoms with van der Waals surface area (Å²) in [6.07, 6.45) is 2.14. The largest absolute Gasteiger partial charge is 0.385 e. The van der Waals surface area contributed by atoms with Gasteiger partial charge in [-0.15, -0.1) is 0 Å². The van der Waals surface area contributed by atoms with Crippen molar-refractivity contribution in [3.8, 4) is 0 Å². The topological polar surface area (TPSA) is 71.5 Å². The summed E-state index contributed by atoms with van der Waals surface area (Å²) in [5.41, 5.74) is 0. The third-order valence-corrected chi connectivity index (χ3v) is 4.37. The van der Waals surface area contributed by atoms with E-state index in [1.807, 2.05) is 0 Å². The zero-order valence-electron chi connectivity index (χ0n) is 10.9. The van der Waals surface area contributed by atoms with Crippen molar-refractivity contribution in [1.82, 2.24) is 9.29 Å². The van der Waals surface area contributed by atoms with Crippen molar-refractivity contribution in [2.75, 3.05) is 39.7 Å². The number of sulfonamides is 1. The molecule has 18 heavy (non-hydrogen) atoms. The van der Waals surface area contributed by atoms with Crippen LogP contribution in [-0.4, -0.2) is 52.1 Å². The molecule has 0 aliphatic carbocycles. The smallest absolute Gasteiger partial charge is 0.243 e. The Hall–Kier alpha value is -1.18. The Morgan fingerprint density at radius 1 is 1.50 bits per heavy atom. The second kappa shape index (κ2) is 6.67. The van der Waals surface area contributed by atoms with E-state index >= 15 is 0 Å². The summed E-state index contributed by atoms with van der Waals surface area (Å²) in [7, 11) is 1.40. The number of hydrogen-bond donors (Lipinski definition) is 1. The summed E-state index contributed by atoms with van der Waals surface area (Å²) in [5.74, 6) is 0.529. The van der Waals surface area contributed by atoms with Gasteiger partial charge in [0.15, 0.2) is 0 Å². The van der Waals surface area contributed by atoms with Crippen LogP contribution in [0, 0.1) is 0 Å². The molecule has 0 saturated heterocycles. The van der Waals surface area contributed by atoms with Crippen LogP contribution in [0.15, 0.2) is 23.2 Å². The van der Waals surface area contributed by atoms with Gasteiger partial charge in [0.25, 0.3) is 0 Å². The number of methoxy groups -OCH3 is 1. The maximum atomic E-state index is 12.2. The Balaban J connectivity index is 2.84. The van der Waals surface area contributed by atoms with E-state index in [2.05, 4.69) is 10.3 Å². The van der Waals surface area contributed by atoms with Gasteiger partial charge < -0.3 is 10.1 Å². The van der Waals surface area contributed by atoms with Gasteiger partial charge in [-0.2, -0.15) is 0 Å². The molecule has 7 heteroatoms. The number of nitrogens with one attached hydrogen (secondary N) is 1. The molecule has 1 aromatic heterocycles. The fourth-order valence-electron chi connectivity index (χ4n) is 1.44. The Morgan fingerprint density at radius 3 is 2.83 bits per heavy atom. The Labute approximate surface area is 108 Å². The van der Waals surface area contributed by atoms with Gasteiger partial charge in [-0.3, -0.25) is 0 Å². The summed E-state index contributed by atoms with van der Waals surface area (Å²) in [4.78, 5) is 4.23. The van der Waals surface area contributed by atoms with Crippen LogP contribution >= 0.6 is 0 Å². The number of pyridine rings is 1. The van der Waals surface area contributed by atoms with Crippen molar-refractivity contribution in [2.45, 2.75) is 11.3 Å². The molecule has 0 spiro atoms. The van der Waals surface area contributed by atoms with Crippen molar-refractivity contribution in [1.29, 1.82) is 0 Å². The average molecular weight is 273 g/mol. The van der Waals surface area contributed by atoms with Crippen LogP contribution in [0.5, 0.6) is 0 Å². The number of anilines is 1. The molecule has 0 atom stereocenters. The molecule has 1 N–H and O–H groups in total. The SMILES string of the molecule is CNc1cc(S(=O)(=O)N(C)CCCOC)ccn1. The van der Waals surface area contributed by atoms with Crippen molar-refractivity contribution >= 4 is 15.8 Å².